The number of nitro groups is 1. The third-order valence-electron chi connectivity index (χ3n) is 6.42. The minimum atomic E-state index is -0.446. The number of rotatable bonds is 7. The highest BCUT2D eigenvalue weighted by molar-refractivity contribution is 6.01. The fourth-order valence-electron chi connectivity index (χ4n) is 4.61. The molecule has 0 aliphatic carbocycles. The highest BCUT2D eigenvalue weighted by Gasteiger charge is 2.23. The van der Waals surface area contributed by atoms with E-state index in [2.05, 4.69) is 5.32 Å². The van der Waals surface area contributed by atoms with Crippen LogP contribution in [0.25, 0.3) is 11.8 Å². The van der Waals surface area contributed by atoms with Crippen molar-refractivity contribution in [2.24, 2.45) is 0 Å². The normalized spacial score (nSPS) is 18.4. The number of nitriles is 1. The molecule has 1 N–H and O–H groups in total. The average molecular weight is 480 g/mol. The molecule has 10 heteroatoms. The van der Waals surface area contributed by atoms with Gasteiger partial charge in [0, 0.05) is 43.7 Å². The van der Waals surface area contributed by atoms with Crippen LogP contribution in [-0.2, 0) is 14.3 Å². The molecule has 1 aromatic carbocycles. The Labute approximate surface area is 203 Å². The molecule has 0 spiro atoms. The van der Waals surface area contributed by atoms with Gasteiger partial charge in [0.25, 0.3) is 11.6 Å². The van der Waals surface area contributed by atoms with Crippen LogP contribution >= 0.6 is 0 Å². The van der Waals surface area contributed by atoms with Gasteiger partial charge >= 0.3 is 0 Å². The van der Waals surface area contributed by atoms with Crippen molar-refractivity contribution in [1.82, 2.24) is 9.88 Å². The number of hydrogen-bond acceptors (Lipinski definition) is 7. The SMILES string of the molecule is Cc1cc(/C=C(/C#N)C(=O)NC[C@H]2CCCO2)c(C)n1-c1ccc(N2CCOCC2)c([N+](=O)[O-])c1. The van der Waals surface area contributed by atoms with Crippen molar-refractivity contribution in [3.63, 3.8) is 0 Å². The summed E-state index contributed by atoms with van der Waals surface area (Å²) in [6.45, 7) is 7.08. The van der Waals surface area contributed by atoms with Gasteiger partial charge in [-0.15, -0.1) is 0 Å². The van der Waals surface area contributed by atoms with Crippen LogP contribution < -0.4 is 10.2 Å². The quantitative estimate of drug-likeness (QED) is 0.280. The topological polar surface area (TPSA) is 123 Å². The lowest BCUT2D eigenvalue weighted by Gasteiger charge is -2.28. The summed E-state index contributed by atoms with van der Waals surface area (Å²) in [5, 5.41) is 24.2. The second kappa shape index (κ2) is 10.7. The molecule has 2 saturated heterocycles. The summed E-state index contributed by atoms with van der Waals surface area (Å²) in [6, 6.07) is 9.04. The van der Waals surface area contributed by atoms with Gasteiger partial charge in [-0.1, -0.05) is 0 Å². The number of aryl methyl sites for hydroxylation is 1. The number of carbonyl (C=O) groups is 1. The predicted octanol–water partition coefficient (Wildman–Crippen LogP) is 3.04. The first-order valence-electron chi connectivity index (χ1n) is 11.7. The maximum Gasteiger partial charge on any atom is 0.294 e. The first-order chi connectivity index (χ1) is 16.9. The molecule has 1 amide bonds. The van der Waals surface area contributed by atoms with Crippen LogP contribution in [0.1, 0.15) is 29.8 Å². The standard InChI is InChI=1S/C25H29N5O5/c1-17-12-19(13-20(15-26)25(31)27-16-22-4-3-9-35-22)18(2)29(17)21-5-6-23(24(14-21)30(32)33)28-7-10-34-11-8-28/h5-6,12-14,22H,3-4,7-11,16H2,1-2H3,(H,27,31)/b20-13-/t22-/m1/s1. The summed E-state index contributed by atoms with van der Waals surface area (Å²) in [6.07, 6.45) is 3.41. The third-order valence-corrected chi connectivity index (χ3v) is 6.42. The van der Waals surface area contributed by atoms with E-state index in [4.69, 9.17) is 9.47 Å². The van der Waals surface area contributed by atoms with E-state index in [1.807, 2.05) is 41.5 Å². The van der Waals surface area contributed by atoms with E-state index < -0.39 is 5.91 Å². The smallest absolute Gasteiger partial charge is 0.294 e. The van der Waals surface area contributed by atoms with Crippen molar-refractivity contribution in [2.45, 2.75) is 32.8 Å². The predicted molar refractivity (Wildman–Crippen MR) is 131 cm³/mol. The molecule has 1 aromatic heterocycles. The molecule has 10 nitrogen and oxygen atoms in total. The number of nitrogens with zero attached hydrogens (tertiary/aromatic N) is 4. The van der Waals surface area contributed by atoms with Crippen molar-refractivity contribution in [1.29, 1.82) is 5.26 Å². The fourth-order valence-corrected chi connectivity index (χ4v) is 4.61. The molecule has 2 aliphatic rings. The average Bonchev–Trinajstić information content (AvgIpc) is 3.48. The second-order valence-electron chi connectivity index (χ2n) is 8.71. The Morgan fingerprint density at radius 3 is 2.71 bits per heavy atom. The molecule has 184 valence electrons. The van der Waals surface area contributed by atoms with Gasteiger partial charge < -0.3 is 24.3 Å². The molecule has 0 radical (unpaired) electrons. The van der Waals surface area contributed by atoms with Gasteiger partial charge in [-0.25, -0.2) is 0 Å². The number of hydrogen-bond donors (Lipinski definition) is 1. The Balaban J connectivity index is 1.61. The van der Waals surface area contributed by atoms with Crippen molar-refractivity contribution in [2.75, 3.05) is 44.4 Å². The lowest BCUT2D eigenvalue weighted by molar-refractivity contribution is -0.384. The Morgan fingerprint density at radius 2 is 2.06 bits per heavy atom. The highest BCUT2D eigenvalue weighted by Crippen LogP contribution is 2.33. The minimum absolute atomic E-state index is 0.00288. The first-order valence-corrected chi connectivity index (χ1v) is 11.7. The highest BCUT2D eigenvalue weighted by atomic mass is 16.6. The number of amides is 1. The minimum Gasteiger partial charge on any atom is -0.378 e. The van der Waals surface area contributed by atoms with Crippen molar-refractivity contribution >= 4 is 23.4 Å². The monoisotopic (exact) mass is 479 g/mol. The van der Waals surface area contributed by atoms with E-state index in [-0.39, 0.29) is 22.3 Å². The van der Waals surface area contributed by atoms with Crippen LogP contribution in [0.3, 0.4) is 0 Å². The lowest BCUT2D eigenvalue weighted by Crippen LogP contribution is -2.36. The number of aromatic nitrogens is 1. The molecule has 0 unspecified atom stereocenters. The van der Waals surface area contributed by atoms with Crippen LogP contribution in [0.2, 0.25) is 0 Å². The van der Waals surface area contributed by atoms with Gasteiger partial charge in [-0.05, 0) is 56.5 Å². The van der Waals surface area contributed by atoms with Crippen LogP contribution in [0, 0.1) is 35.3 Å². The number of ether oxygens (including phenoxy) is 2. The van der Waals surface area contributed by atoms with E-state index >= 15 is 0 Å². The van der Waals surface area contributed by atoms with Gasteiger partial charge in [-0.3, -0.25) is 14.9 Å². The van der Waals surface area contributed by atoms with E-state index in [1.54, 1.807) is 18.2 Å². The van der Waals surface area contributed by atoms with Gasteiger partial charge in [-0.2, -0.15) is 5.26 Å². The number of anilines is 1. The summed E-state index contributed by atoms with van der Waals surface area (Å²) < 4.78 is 12.8. The summed E-state index contributed by atoms with van der Waals surface area (Å²) >= 11 is 0. The Kier molecular flexibility index (Phi) is 7.48. The van der Waals surface area contributed by atoms with Gasteiger partial charge in [0.1, 0.15) is 17.3 Å². The van der Waals surface area contributed by atoms with Gasteiger partial charge in [0.2, 0.25) is 0 Å². The largest absolute Gasteiger partial charge is 0.378 e. The molecule has 2 aromatic rings. The number of morpholine rings is 1. The van der Waals surface area contributed by atoms with E-state index in [1.165, 1.54) is 0 Å². The van der Waals surface area contributed by atoms with E-state index in [9.17, 15) is 20.2 Å². The van der Waals surface area contributed by atoms with Crippen molar-refractivity contribution in [3.05, 3.63) is 56.9 Å². The van der Waals surface area contributed by atoms with Gasteiger partial charge in [0.15, 0.2) is 0 Å². The zero-order valence-electron chi connectivity index (χ0n) is 20.0. The molecule has 2 aliphatic heterocycles. The third kappa shape index (κ3) is 5.37. The summed E-state index contributed by atoms with van der Waals surface area (Å²) in [7, 11) is 0. The summed E-state index contributed by atoms with van der Waals surface area (Å²) in [5.74, 6) is -0.446. The molecule has 3 heterocycles. The number of nitrogens with one attached hydrogen (secondary N) is 1. The van der Waals surface area contributed by atoms with Crippen LogP contribution in [-0.4, -0.2) is 61.0 Å². The van der Waals surface area contributed by atoms with E-state index in [0.717, 1.165) is 24.2 Å². The molecule has 0 saturated carbocycles. The summed E-state index contributed by atoms with van der Waals surface area (Å²) in [4.78, 5) is 26.0. The van der Waals surface area contributed by atoms with E-state index in [0.29, 0.717) is 56.4 Å². The Morgan fingerprint density at radius 1 is 1.29 bits per heavy atom. The molecule has 0 bridgehead atoms. The molecule has 35 heavy (non-hydrogen) atoms. The molecular formula is C25H29N5O5. The number of nitro benzene ring substituents is 1. The van der Waals surface area contributed by atoms with Gasteiger partial charge in [0.05, 0.1) is 29.9 Å². The maximum atomic E-state index is 12.6. The Bertz CT molecular complexity index is 1180. The molecule has 1 atom stereocenters. The summed E-state index contributed by atoms with van der Waals surface area (Å²) in [5.41, 5.74) is 3.54. The van der Waals surface area contributed by atoms with Crippen LogP contribution in [0.4, 0.5) is 11.4 Å². The fraction of sp³-hybridized carbons (Fsp3) is 0.440. The zero-order chi connectivity index (χ0) is 24.9. The molecule has 4 rings (SSSR count). The van der Waals surface area contributed by atoms with Crippen LogP contribution in [0.5, 0.6) is 0 Å². The van der Waals surface area contributed by atoms with Crippen molar-refractivity contribution in [3.8, 4) is 11.8 Å². The molecule has 2 fully saturated rings. The number of carbonyl (C=O) groups excluding carboxylic acids is 1. The zero-order valence-corrected chi connectivity index (χ0v) is 20.0. The molecular weight excluding hydrogens is 450 g/mol. The second-order valence-corrected chi connectivity index (χ2v) is 8.71. The van der Waals surface area contributed by atoms with Crippen LogP contribution in [0.15, 0.2) is 29.8 Å². The maximum absolute atomic E-state index is 12.6. The Hall–Kier alpha value is -3.68. The van der Waals surface area contributed by atoms with Crippen molar-refractivity contribution < 1.29 is 19.2 Å². The first kappa shape index (κ1) is 24.4. The lowest BCUT2D eigenvalue weighted by atomic mass is 10.1. The number of benzene rings is 1.